The van der Waals surface area contributed by atoms with Crippen molar-refractivity contribution < 1.29 is 9.53 Å². The van der Waals surface area contributed by atoms with Crippen molar-refractivity contribution in [2.24, 2.45) is 0 Å². The predicted octanol–water partition coefficient (Wildman–Crippen LogP) is 1.71. The van der Waals surface area contributed by atoms with Crippen molar-refractivity contribution in [3.63, 3.8) is 0 Å². The second kappa shape index (κ2) is 7.70. The van der Waals surface area contributed by atoms with Gasteiger partial charge in [0.2, 0.25) is 0 Å². The molecule has 1 heterocycles. The highest BCUT2D eigenvalue weighted by molar-refractivity contribution is 6.31. The Hall–Kier alpha value is -0.810. The molecule has 0 spiro atoms. The van der Waals surface area contributed by atoms with Crippen LogP contribution in [-0.2, 0) is 16.1 Å². The summed E-state index contributed by atoms with van der Waals surface area (Å²) < 4.78 is 5.44. The van der Waals surface area contributed by atoms with Crippen molar-refractivity contribution in [1.82, 2.24) is 10.2 Å². The van der Waals surface area contributed by atoms with Crippen LogP contribution < -0.4 is 5.32 Å². The first-order valence-electron chi connectivity index (χ1n) is 5.99. The van der Waals surface area contributed by atoms with Crippen molar-refractivity contribution >= 4 is 29.9 Å². The lowest BCUT2D eigenvalue weighted by Gasteiger charge is -2.27. The number of benzene rings is 1. The van der Waals surface area contributed by atoms with Crippen molar-refractivity contribution in [2.75, 3.05) is 26.7 Å². The highest BCUT2D eigenvalue weighted by Crippen LogP contribution is 2.17. The fourth-order valence-corrected chi connectivity index (χ4v) is 2.13. The van der Waals surface area contributed by atoms with E-state index in [-0.39, 0.29) is 24.4 Å². The lowest BCUT2D eigenvalue weighted by molar-refractivity contribution is -0.144. The van der Waals surface area contributed by atoms with Crippen LogP contribution in [0.2, 0.25) is 5.02 Å². The van der Waals surface area contributed by atoms with Crippen LogP contribution in [0.3, 0.4) is 0 Å². The van der Waals surface area contributed by atoms with Gasteiger partial charge in [0.05, 0.1) is 6.61 Å². The van der Waals surface area contributed by atoms with E-state index in [4.69, 9.17) is 16.3 Å². The first-order valence-corrected chi connectivity index (χ1v) is 6.37. The highest BCUT2D eigenvalue weighted by atomic mass is 35.5. The van der Waals surface area contributed by atoms with Crippen LogP contribution in [0.4, 0.5) is 0 Å². The van der Waals surface area contributed by atoms with Gasteiger partial charge < -0.3 is 15.0 Å². The molecule has 1 aliphatic heterocycles. The first kappa shape index (κ1) is 16.2. The fraction of sp³-hybridized carbons (Fsp3) is 0.462. The monoisotopic (exact) mass is 304 g/mol. The molecule has 106 valence electrons. The van der Waals surface area contributed by atoms with E-state index in [1.165, 1.54) is 0 Å². The molecule has 0 bridgehead atoms. The summed E-state index contributed by atoms with van der Waals surface area (Å²) in [5, 5.41) is 3.83. The molecular formula is C13H18Cl2N2O2. The summed E-state index contributed by atoms with van der Waals surface area (Å²) in [5.41, 5.74) is 0.943. The van der Waals surface area contributed by atoms with Gasteiger partial charge in [0.25, 0.3) is 5.91 Å². The largest absolute Gasteiger partial charge is 0.366 e. The molecule has 1 fully saturated rings. The number of ether oxygens (including phenoxy) is 1. The molecule has 2 rings (SSSR count). The smallest absolute Gasteiger partial charge is 0.253 e. The summed E-state index contributed by atoms with van der Waals surface area (Å²) in [7, 11) is 1.77. The van der Waals surface area contributed by atoms with Crippen LogP contribution in [0.5, 0.6) is 0 Å². The number of amides is 1. The van der Waals surface area contributed by atoms with Gasteiger partial charge in [-0.2, -0.15) is 0 Å². The Morgan fingerprint density at radius 1 is 1.53 bits per heavy atom. The third-order valence-corrected chi connectivity index (χ3v) is 3.31. The van der Waals surface area contributed by atoms with Crippen LogP contribution in [-0.4, -0.2) is 43.7 Å². The molecule has 1 aliphatic rings. The normalized spacial score (nSPS) is 18.5. The maximum Gasteiger partial charge on any atom is 0.253 e. The summed E-state index contributed by atoms with van der Waals surface area (Å²) >= 11 is 6.08. The van der Waals surface area contributed by atoms with E-state index in [2.05, 4.69) is 5.32 Å². The lowest BCUT2D eigenvalue weighted by atomic mass is 10.2. The number of carbonyl (C=O) groups is 1. The zero-order valence-corrected chi connectivity index (χ0v) is 12.3. The van der Waals surface area contributed by atoms with E-state index in [1.54, 1.807) is 11.9 Å². The molecule has 19 heavy (non-hydrogen) atoms. The number of hydrogen-bond acceptors (Lipinski definition) is 3. The SMILES string of the molecule is CN(Cc1ccccc1Cl)C(=O)C1CNCCO1.Cl. The molecule has 1 N–H and O–H groups in total. The minimum atomic E-state index is -0.383. The zero-order valence-electron chi connectivity index (χ0n) is 10.8. The number of likely N-dealkylation sites (N-methyl/N-ethyl adjacent to an activating group) is 1. The average Bonchev–Trinajstić information content (AvgIpc) is 2.41. The zero-order chi connectivity index (χ0) is 13.0. The van der Waals surface area contributed by atoms with Gasteiger partial charge in [-0.1, -0.05) is 29.8 Å². The predicted molar refractivity (Wildman–Crippen MR) is 77.8 cm³/mol. The summed E-state index contributed by atoms with van der Waals surface area (Å²) in [4.78, 5) is 13.8. The van der Waals surface area contributed by atoms with Gasteiger partial charge in [-0.25, -0.2) is 0 Å². The second-order valence-electron chi connectivity index (χ2n) is 4.35. The minimum absolute atomic E-state index is 0. The van der Waals surface area contributed by atoms with E-state index >= 15 is 0 Å². The molecule has 4 nitrogen and oxygen atoms in total. The van der Waals surface area contributed by atoms with E-state index < -0.39 is 0 Å². The minimum Gasteiger partial charge on any atom is -0.366 e. The molecule has 1 atom stereocenters. The van der Waals surface area contributed by atoms with E-state index in [1.807, 2.05) is 24.3 Å². The van der Waals surface area contributed by atoms with Crippen molar-refractivity contribution in [2.45, 2.75) is 12.6 Å². The quantitative estimate of drug-likeness (QED) is 0.924. The Morgan fingerprint density at radius 3 is 2.89 bits per heavy atom. The van der Waals surface area contributed by atoms with Gasteiger partial charge >= 0.3 is 0 Å². The van der Waals surface area contributed by atoms with Crippen LogP contribution in [0.25, 0.3) is 0 Å². The highest BCUT2D eigenvalue weighted by Gasteiger charge is 2.25. The molecule has 1 amide bonds. The Morgan fingerprint density at radius 2 is 2.26 bits per heavy atom. The molecular weight excluding hydrogens is 287 g/mol. The lowest BCUT2D eigenvalue weighted by Crippen LogP contribution is -2.48. The van der Waals surface area contributed by atoms with Gasteiger partial charge in [0.15, 0.2) is 0 Å². The van der Waals surface area contributed by atoms with Gasteiger partial charge in [0, 0.05) is 31.7 Å². The Bertz CT molecular complexity index is 423. The van der Waals surface area contributed by atoms with Gasteiger partial charge in [-0.3, -0.25) is 4.79 Å². The van der Waals surface area contributed by atoms with Crippen molar-refractivity contribution in [3.8, 4) is 0 Å². The van der Waals surface area contributed by atoms with E-state index in [0.29, 0.717) is 24.7 Å². The summed E-state index contributed by atoms with van der Waals surface area (Å²) in [6.45, 7) is 2.46. The molecule has 0 radical (unpaired) electrons. The third-order valence-electron chi connectivity index (χ3n) is 2.94. The molecule has 0 aliphatic carbocycles. The number of halogens is 2. The number of carbonyl (C=O) groups excluding carboxylic acids is 1. The molecule has 1 aromatic rings. The maximum absolute atomic E-state index is 12.1. The molecule has 1 saturated heterocycles. The van der Waals surface area contributed by atoms with Crippen molar-refractivity contribution in [1.29, 1.82) is 0 Å². The van der Waals surface area contributed by atoms with Crippen molar-refractivity contribution in [3.05, 3.63) is 34.9 Å². The topological polar surface area (TPSA) is 41.6 Å². The number of hydrogen-bond donors (Lipinski definition) is 1. The molecule has 0 aromatic heterocycles. The number of nitrogens with one attached hydrogen (secondary N) is 1. The Balaban J connectivity index is 0.00000180. The van der Waals surface area contributed by atoms with Crippen LogP contribution in [0.15, 0.2) is 24.3 Å². The fourth-order valence-electron chi connectivity index (χ4n) is 1.93. The standard InChI is InChI=1S/C13H17ClN2O2.ClH/c1-16(9-10-4-2-3-5-11(10)14)13(17)12-8-15-6-7-18-12;/h2-5,12,15H,6-9H2,1H3;1H. The Labute approximate surface area is 124 Å². The number of nitrogens with zero attached hydrogens (tertiary/aromatic N) is 1. The number of rotatable bonds is 3. The Kier molecular flexibility index (Phi) is 6.58. The van der Waals surface area contributed by atoms with Crippen LogP contribution in [0.1, 0.15) is 5.56 Å². The first-order chi connectivity index (χ1) is 8.68. The summed E-state index contributed by atoms with van der Waals surface area (Å²) in [6.07, 6.45) is -0.383. The maximum atomic E-state index is 12.1. The molecule has 1 aromatic carbocycles. The number of morpholine rings is 1. The van der Waals surface area contributed by atoms with Crippen LogP contribution in [0, 0.1) is 0 Å². The average molecular weight is 305 g/mol. The molecule has 6 heteroatoms. The summed E-state index contributed by atoms with van der Waals surface area (Å²) in [5.74, 6) is -0.0119. The van der Waals surface area contributed by atoms with Crippen LogP contribution >= 0.6 is 24.0 Å². The van der Waals surface area contributed by atoms with Gasteiger partial charge in [-0.05, 0) is 11.6 Å². The second-order valence-corrected chi connectivity index (χ2v) is 4.76. The van der Waals surface area contributed by atoms with Gasteiger partial charge in [-0.15, -0.1) is 12.4 Å². The van der Waals surface area contributed by atoms with E-state index in [0.717, 1.165) is 12.1 Å². The third kappa shape index (κ3) is 4.35. The van der Waals surface area contributed by atoms with Gasteiger partial charge in [0.1, 0.15) is 6.10 Å². The molecule has 1 unspecified atom stereocenters. The molecule has 0 saturated carbocycles. The summed E-state index contributed by atoms with van der Waals surface area (Å²) in [6, 6.07) is 7.54. The van der Waals surface area contributed by atoms with E-state index in [9.17, 15) is 4.79 Å².